The number of pyridine rings is 1. The Hall–Kier alpha value is -6.37. The number of nitrogens with zero attached hydrogens (tertiary/aromatic N) is 9. The number of aliphatic hydroxyl groups is 1. The molecule has 16 nitrogen and oxygen atoms in total. The highest BCUT2D eigenvalue weighted by molar-refractivity contribution is 6.02. The van der Waals surface area contributed by atoms with Crippen molar-refractivity contribution in [3.63, 3.8) is 0 Å². The van der Waals surface area contributed by atoms with Gasteiger partial charge in [-0.25, -0.2) is 19.3 Å². The van der Waals surface area contributed by atoms with Gasteiger partial charge in [-0.3, -0.25) is 24.6 Å². The van der Waals surface area contributed by atoms with E-state index in [0.717, 1.165) is 92.0 Å². The number of allylic oxidation sites excluding steroid dienone is 1. The second-order valence-electron chi connectivity index (χ2n) is 18.4. The number of amides is 2. The molecule has 3 fully saturated rings. The summed E-state index contributed by atoms with van der Waals surface area (Å²) < 4.78 is 34.9. The summed E-state index contributed by atoms with van der Waals surface area (Å²) in [4.78, 5) is 59.5. The number of rotatable bonds is 10. The monoisotopic (exact) mass is 899 g/mol. The molecule has 2 atom stereocenters. The average molecular weight is 900 g/mol. The van der Waals surface area contributed by atoms with Crippen molar-refractivity contribution in [1.29, 1.82) is 0 Å². The van der Waals surface area contributed by atoms with Gasteiger partial charge >= 0.3 is 0 Å². The molecule has 2 amide bonds. The van der Waals surface area contributed by atoms with Crippen LogP contribution in [0.2, 0.25) is 0 Å². The zero-order chi connectivity index (χ0) is 45.3. The average Bonchev–Trinajstić information content (AvgIpc) is 4.10. The quantitative estimate of drug-likeness (QED) is 0.133. The first-order valence-corrected chi connectivity index (χ1v) is 23.1. The Labute approximate surface area is 378 Å². The Morgan fingerprint density at radius 1 is 0.894 bits per heavy atom. The van der Waals surface area contributed by atoms with E-state index >= 15 is 0 Å². The van der Waals surface area contributed by atoms with E-state index in [4.69, 9.17) is 14.5 Å². The molecular weight excluding hydrogens is 849 g/mol. The van der Waals surface area contributed by atoms with Gasteiger partial charge in [0.1, 0.15) is 16.7 Å². The van der Waals surface area contributed by atoms with Gasteiger partial charge in [-0.15, -0.1) is 0 Å². The van der Waals surface area contributed by atoms with Crippen LogP contribution in [0.3, 0.4) is 0 Å². The van der Waals surface area contributed by atoms with Gasteiger partial charge in [-0.1, -0.05) is 18.1 Å². The summed E-state index contributed by atoms with van der Waals surface area (Å²) in [6.45, 7) is 7.28. The van der Waals surface area contributed by atoms with Gasteiger partial charge in [-0.05, 0) is 124 Å². The Kier molecular flexibility index (Phi) is 10.8. The van der Waals surface area contributed by atoms with Crippen LogP contribution in [0.4, 0.5) is 26.1 Å². The fraction of sp³-hybridized carbons (Fsp3) is 0.438. The standard InChI is InChI=1S/C48H51F2N11O5/c1-2-48(65)17-11-28-3-9-40(53-43(28)48)61-44-37(46(64)60(61)22-16-39(49)50)25-51-47(55-44)52-31-4-6-32(7-5-31)57-18-12-33(13-19-57)58-20-14-34(15-21-58)59-26-29-23-36-38(24-30(29)27-59)66-56-42(36)35-8-10-41(62)54-45(35)63/h3-7,9,16,23-25,33-35,65H,2,8,10-15,17-22,26-27H2,1H3,(H,51,52,55)(H,54,62,63)/t35?,48-/m1/s1. The molecule has 3 saturated heterocycles. The van der Waals surface area contributed by atoms with Crippen molar-refractivity contribution in [2.45, 2.75) is 108 Å². The first-order chi connectivity index (χ1) is 32.0. The van der Waals surface area contributed by atoms with E-state index in [-0.39, 0.29) is 28.8 Å². The Morgan fingerprint density at radius 2 is 1.64 bits per heavy atom. The number of anilines is 3. The van der Waals surface area contributed by atoms with Crippen molar-refractivity contribution >= 4 is 51.1 Å². The van der Waals surface area contributed by atoms with Crippen LogP contribution in [0.25, 0.3) is 27.8 Å². The third-order valence-corrected chi connectivity index (χ3v) is 14.7. The van der Waals surface area contributed by atoms with Crippen LogP contribution in [0.15, 0.2) is 76.2 Å². The molecule has 6 aromatic rings. The summed E-state index contributed by atoms with van der Waals surface area (Å²) in [7, 11) is 0. The Bertz CT molecular complexity index is 2960. The number of likely N-dealkylation sites (tertiary alicyclic amines) is 1. The first kappa shape index (κ1) is 42.3. The lowest BCUT2D eigenvalue weighted by Gasteiger charge is -2.43. The molecule has 342 valence electrons. The molecule has 0 saturated carbocycles. The third kappa shape index (κ3) is 7.63. The smallest absolute Gasteiger partial charge is 0.278 e. The minimum absolute atomic E-state index is 0.154. The molecule has 5 aliphatic rings. The number of carbonyl (C=O) groups excluding carboxylic acids is 2. The molecule has 1 unspecified atom stereocenters. The highest BCUT2D eigenvalue weighted by atomic mass is 19.3. The van der Waals surface area contributed by atoms with Crippen molar-refractivity contribution in [2.75, 3.05) is 36.4 Å². The SMILES string of the molecule is CC[C@@]1(O)CCc2ccc(-n3c4nc(Nc5ccc(N6CCC(N7CCC(N8Cc9cc%10onc(C%11CCC(=O)NC%11=O)c%10cc9C8)CC7)CC6)cc5)ncc4c(=O)n3CC=C(F)F)nc21. The van der Waals surface area contributed by atoms with Crippen LogP contribution in [-0.4, -0.2) is 94.5 Å². The largest absolute Gasteiger partial charge is 0.384 e. The zero-order valence-electron chi connectivity index (χ0n) is 36.7. The number of benzene rings is 2. The molecule has 8 heterocycles. The maximum atomic E-state index is 13.6. The molecule has 0 spiro atoms. The van der Waals surface area contributed by atoms with Gasteiger partial charge < -0.3 is 24.7 Å². The van der Waals surface area contributed by atoms with Crippen molar-refractivity contribution in [2.24, 2.45) is 0 Å². The van der Waals surface area contributed by atoms with Crippen LogP contribution < -0.4 is 21.1 Å². The van der Waals surface area contributed by atoms with Gasteiger partial charge in [0.25, 0.3) is 11.6 Å². The molecule has 4 aromatic heterocycles. The number of carbonyl (C=O) groups is 2. The van der Waals surface area contributed by atoms with Crippen LogP contribution in [0.1, 0.15) is 92.3 Å². The summed E-state index contributed by atoms with van der Waals surface area (Å²) in [6.07, 6.45) is 6.98. The molecule has 4 aliphatic heterocycles. The normalized spacial score (nSPS) is 22.0. The maximum Gasteiger partial charge on any atom is 0.278 e. The summed E-state index contributed by atoms with van der Waals surface area (Å²) in [5, 5.41) is 22.3. The van der Waals surface area contributed by atoms with E-state index in [0.29, 0.717) is 73.1 Å². The van der Waals surface area contributed by atoms with E-state index in [2.05, 4.69) is 59.7 Å². The number of piperidine rings is 3. The molecule has 3 N–H and O–H groups in total. The van der Waals surface area contributed by atoms with E-state index in [1.165, 1.54) is 22.0 Å². The van der Waals surface area contributed by atoms with Gasteiger partial charge in [-0.2, -0.15) is 13.8 Å². The third-order valence-electron chi connectivity index (χ3n) is 14.7. The van der Waals surface area contributed by atoms with E-state index in [9.17, 15) is 28.3 Å². The van der Waals surface area contributed by atoms with E-state index in [1.807, 2.05) is 25.1 Å². The lowest BCUT2D eigenvalue weighted by molar-refractivity contribution is -0.134. The van der Waals surface area contributed by atoms with Gasteiger partial charge in [0.15, 0.2) is 17.0 Å². The number of aryl methyl sites for hydroxylation is 1. The molecule has 11 rings (SSSR count). The minimum Gasteiger partial charge on any atom is -0.384 e. The highest BCUT2D eigenvalue weighted by Gasteiger charge is 2.38. The van der Waals surface area contributed by atoms with Gasteiger partial charge in [0, 0.05) is 73.7 Å². The fourth-order valence-electron chi connectivity index (χ4n) is 11.0. The molecule has 0 bridgehead atoms. The summed E-state index contributed by atoms with van der Waals surface area (Å²) in [5.74, 6) is -0.501. The molecule has 18 heteroatoms. The predicted molar refractivity (Wildman–Crippen MR) is 242 cm³/mol. The molecule has 2 aromatic carbocycles. The summed E-state index contributed by atoms with van der Waals surface area (Å²) >= 11 is 0. The number of hydrogen-bond acceptors (Lipinski definition) is 13. The van der Waals surface area contributed by atoms with Crippen molar-refractivity contribution in [1.82, 2.24) is 44.6 Å². The second-order valence-corrected chi connectivity index (χ2v) is 18.4. The number of fused-ring (bicyclic) bond motifs is 4. The second kappa shape index (κ2) is 16.8. The number of aromatic nitrogens is 6. The van der Waals surface area contributed by atoms with Crippen molar-refractivity contribution < 1.29 is 28.0 Å². The predicted octanol–water partition coefficient (Wildman–Crippen LogP) is 6.16. The van der Waals surface area contributed by atoms with Crippen LogP contribution in [0.5, 0.6) is 0 Å². The number of imide groups is 1. The van der Waals surface area contributed by atoms with Gasteiger partial charge in [0.05, 0.1) is 18.2 Å². The maximum absolute atomic E-state index is 13.6. The van der Waals surface area contributed by atoms with Crippen LogP contribution in [-0.2, 0) is 41.2 Å². The lowest BCUT2D eigenvalue weighted by atomic mass is 9.92. The highest BCUT2D eigenvalue weighted by Crippen LogP contribution is 2.39. The molecule has 1 aliphatic carbocycles. The molecule has 0 radical (unpaired) electrons. The zero-order valence-corrected chi connectivity index (χ0v) is 36.7. The number of halogens is 2. The Morgan fingerprint density at radius 3 is 2.38 bits per heavy atom. The summed E-state index contributed by atoms with van der Waals surface area (Å²) in [5.41, 5.74) is 5.71. The molecule has 66 heavy (non-hydrogen) atoms. The summed E-state index contributed by atoms with van der Waals surface area (Å²) in [6, 6.07) is 17.0. The van der Waals surface area contributed by atoms with E-state index in [1.54, 1.807) is 6.07 Å². The van der Waals surface area contributed by atoms with Crippen LogP contribution >= 0.6 is 0 Å². The van der Waals surface area contributed by atoms with Crippen molar-refractivity contribution in [3.05, 3.63) is 105 Å². The first-order valence-electron chi connectivity index (χ1n) is 23.1. The van der Waals surface area contributed by atoms with Gasteiger partial charge in [0.2, 0.25) is 17.8 Å². The van der Waals surface area contributed by atoms with E-state index < -0.39 is 29.7 Å². The van der Waals surface area contributed by atoms with Crippen molar-refractivity contribution in [3.8, 4) is 5.82 Å². The topological polar surface area (TPSA) is 180 Å². The Balaban J connectivity index is 0.709. The van der Waals surface area contributed by atoms with Crippen LogP contribution in [0, 0.1) is 0 Å². The number of nitrogens with one attached hydrogen (secondary N) is 2. The molecular formula is C48H51F2N11O5. The minimum atomic E-state index is -1.91. The fourth-order valence-corrected chi connectivity index (χ4v) is 11.0. The number of hydrogen-bond donors (Lipinski definition) is 3. The lowest BCUT2D eigenvalue weighted by Crippen LogP contribution is -2.50.